The Hall–Kier alpha value is -1.92. The number of thiophene rings is 1. The van der Waals surface area contributed by atoms with Crippen LogP contribution in [0.4, 0.5) is 10.1 Å². The number of anilines is 1. The molecule has 26 heavy (non-hydrogen) atoms. The van der Waals surface area contributed by atoms with Gasteiger partial charge in [-0.15, -0.1) is 0 Å². The zero-order chi connectivity index (χ0) is 17.9. The summed E-state index contributed by atoms with van der Waals surface area (Å²) in [5, 5.41) is 4.32. The number of benzene rings is 1. The minimum atomic E-state index is -0.214. The number of nitrogens with zero attached hydrogens (tertiary/aromatic N) is 3. The highest BCUT2D eigenvalue weighted by atomic mass is 32.1. The molecule has 1 amide bonds. The van der Waals surface area contributed by atoms with Crippen molar-refractivity contribution >= 4 is 22.9 Å². The second-order valence-corrected chi connectivity index (χ2v) is 7.81. The first-order valence-corrected chi connectivity index (χ1v) is 10.2. The van der Waals surface area contributed by atoms with Gasteiger partial charge in [-0.3, -0.25) is 9.69 Å². The average Bonchev–Trinajstić information content (AvgIpc) is 3.34. The molecule has 2 saturated heterocycles. The summed E-state index contributed by atoms with van der Waals surface area (Å²) in [4.78, 5) is 19.3. The normalized spacial score (nSPS) is 21.3. The van der Waals surface area contributed by atoms with Crippen LogP contribution in [0.2, 0.25) is 0 Å². The van der Waals surface area contributed by atoms with Gasteiger partial charge in [0.05, 0.1) is 6.54 Å². The maximum Gasteiger partial charge on any atom is 0.236 e. The quantitative estimate of drug-likeness (QED) is 0.822. The van der Waals surface area contributed by atoms with Crippen molar-refractivity contribution in [3.05, 3.63) is 52.5 Å². The predicted octanol–water partition coefficient (Wildman–Crippen LogP) is 3.37. The molecule has 2 aliphatic rings. The fourth-order valence-corrected chi connectivity index (χ4v) is 4.70. The molecule has 0 radical (unpaired) electrons. The molecule has 1 unspecified atom stereocenters. The Morgan fingerprint density at radius 3 is 2.54 bits per heavy atom. The van der Waals surface area contributed by atoms with Crippen LogP contribution >= 0.6 is 11.3 Å². The van der Waals surface area contributed by atoms with Crippen molar-refractivity contribution in [3.8, 4) is 0 Å². The van der Waals surface area contributed by atoms with Gasteiger partial charge in [0.25, 0.3) is 0 Å². The zero-order valence-electron chi connectivity index (χ0n) is 14.8. The third-order valence-electron chi connectivity index (χ3n) is 5.45. The maximum absolute atomic E-state index is 13.1. The summed E-state index contributed by atoms with van der Waals surface area (Å²) >= 11 is 1.72. The number of carbonyl (C=O) groups is 1. The lowest BCUT2D eigenvalue weighted by molar-refractivity contribution is -0.133. The van der Waals surface area contributed by atoms with E-state index < -0.39 is 0 Å². The van der Waals surface area contributed by atoms with E-state index >= 15 is 0 Å². The average molecular weight is 373 g/mol. The van der Waals surface area contributed by atoms with Crippen LogP contribution < -0.4 is 4.90 Å². The van der Waals surface area contributed by atoms with Crippen molar-refractivity contribution in [2.75, 3.05) is 44.2 Å². The lowest BCUT2D eigenvalue weighted by Gasteiger charge is -2.37. The smallest absolute Gasteiger partial charge is 0.236 e. The van der Waals surface area contributed by atoms with Gasteiger partial charge in [0.15, 0.2) is 0 Å². The van der Waals surface area contributed by atoms with Gasteiger partial charge in [-0.1, -0.05) is 0 Å². The maximum atomic E-state index is 13.1. The molecule has 2 aliphatic heterocycles. The molecule has 2 aromatic rings. The Morgan fingerprint density at radius 1 is 1.08 bits per heavy atom. The van der Waals surface area contributed by atoms with E-state index in [0.29, 0.717) is 12.6 Å². The summed E-state index contributed by atoms with van der Waals surface area (Å²) < 4.78 is 13.1. The molecular weight excluding hydrogens is 349 g/mol. The van der Waals surface area contributed by atoms with Crippen molar-refractivity contribution < 1.29 is 9.18 Å². The van der Waals surface area contributed by atoms with Gasteiger partial charge in [0.2, 0.25) is 5.91 Å². The minimum Gasteiger partial charge on any atom is -0.368 e. The summed E-state index contributed by atoms with van der Waals surface area (Å²) in [7, 11) is 0. The number of likely N-dealkylation sites (tertiary alicyclic amines) is 1. The summed E-state index contributed by atoms with van der Waals surface area (Å²) in [6.45, 7) is 4.57. The standard InChI is InChI=1S/C20H24FN3OS/c21-17-3-5-18(6-4-17)22-9-11-23(12-10-22)20(25)14-24-8-1-2-19(24)16-7-13-26-15-16/h3-7,13,15,19H,1-2,8-12,14H2. The van der Waals surface area contributed by atoms with Crippen LogP contribution in [-0.4, -0.2) is 55.0 Å². The molecular formula is C20H24FN3OS. The van der Waals surface area contributed by atoms with Crippen LogP contribution in [0.1, 0.15) is 24.4 Å². The van der Waals surface area contributed by atoms with E-state index in [1.807, 2.05) is 17.0 Å². The Bertz CT molecular complexity index is 726. The minimum absolute atomic E-state index is 0.214. The lowest BCUT2D eigenvalue weighted by atomic mass is 10.1. The molecule has 1 aromatic heterocycles. The van der Waals surface area contributed by atoms with E-state index in [1.165, 1.54) is 17.7 Å². The summed E-state index contributed by atoms with van der Waals surface area (Å²) in [6, 6.07) is 9.17. The Morgan fingerprint density at radius 2 is 1.85 bits per heavy atom. The molecule has 2 fully saturated rings. The molecule has 0 bridgehead atoms. The second kappa shape index (κ2) is 7.76. The number of amides is 1. The number of piperazine rings is 1. The van der Waals surface area contributed by atoms with Crippen LogP contribution in [0.5, 0.6) is 0 Å². The summed E-state index contributed by atoms with van der Waals surface area (Å²) in [5.74, 6) is 0.0132. The van der Waals surface area contributed by atoms with Gasteiger partial charge in [0, 0.05) is 37.9 Å². The first-order chi connectivity index (χ1) is 12.7. The van der Waals surface area contributed by atoms with Crippen LogP contribution in [0, 0.1) is 5.82 Å². The molecule has 4 nitrogen and oxygen atoms in total. The first-order valence-electron chi connectivity index (χ1n) is 9.25. The molecule has 4 rings (SSSR count). The molecule has 3 heterocycles. The molecule has 0 spiro atoms. The Kier molecular flexibility index (Phi) is 5.22. The zero-order valence-corrected chi connectivity index (χ0v) is 15.6. The van der Waals surface area contributed by atoms with Crippen molar-refractivity contribution in [1.82, 2.24) is 9.80 Å². The highest BCUT2D eigenvalue weighted by Gasteiger charge is 2.30. The van der Waals surface area contributed by atoms with Crippen molar-refractivity contribution in [2.45, 2.75) is 18.9 Å². The van der Waals surface area contributed by atoms with Crippen LogP contribution in [0.25, 0.3) is 0 Å². The van der Waals surface area contributed by atoms with Crippen LogP contribution in [-0.2, 0) is 4.79 Å². The number of rotatable bonds is 4. The van der Waals surface area contributed by atoms with Crippen LogP contribution in [0.15, 0.2) is 41.1 Å². The largest absolute Gasteiger partial charge is 0.368 e. The van der Waals surface area contributed by atoms with Gasteiger partial charge in [-0.05, 0) is 66.0 Å². The van der Waals surface area contributed by atoms with Gasteiger partial charge in [0.1, 0.15) is 5.82 Å². The molecule has 138 valence electrons. The monoisotopic (exact) mass is 373 g/mol. The second-order valence-electron chi connectivity index (χ2n) is 7.03. The molecule has 6 heteroatoms. The van der Waals surface area contributed by atoms with Gasteiger partial charge in [-0.25, -0.2) is 4.39 Å². The predicted molar refractivity (Wildman–Crippen MR) is 103 cm³/mol. The number of carbonyl (C=O) groups excluding carboxylic acids is 1. The van der Waals surface area contributed by atoms with Gasteiger partial charge >= 0.3 is 0 Å². The van der Waals surface area contributed by atoms with E-state index in [0.717, 1.165) is 51.3 Å². The highest BCUT2D eigenvalue weighted by molar-refractivity contribution is 7.07. The summed E-state index contributed by atoms with van der Waals surface area (Å²) in [6.07, 6.45) is 2.30. The topological polar surface area (TPSA) is 26.8 Å². The molecule has 1 aromatic carbocycles. The molecule has 0 N–H and O–H groups in total. The van der Waals surface area contributed by atoms with Gasteiger partial charge < -0.3 is 9.80 Å². The molecule has 0 saturated carbocycles. The Labute approximate surface area is 157 Å². The van der Waals surface area contributed by atoms with E-state index in [9.17, 15) is 9.18 Å². The van der Waals surface area contributed by atoms with Crippen molar-refractivity contribution in [2.24, 2.45) is 0 Å². The fourth-order valence-electron chi connectivity index (χ4n) is 4.00. The van der Waals surface area contributed by atoms with E-state index in [4.69, 9.17) is 0 Å². The van der Waals surface area contributed by atoms with E-state index in [-0.39, 0.29) is 11.7 Å². The fraction of sp³-hybridized carbons (Fsp3) is 0.450. The summed E-state index contributed by atoms with van der Waals surface area (Å²) in [5.41, 5.74) is 2.37. The number of halogens is 1. The highest BCUT2D eigenvalue weighted by Crippen LogP contribution is 2.32. The number of hydrogen-bond donors (Lipinski definition) is 0. The Balaban J connectivity index is 1.31. The van der Waals surface area contributed by atoms with Crippen molar-refractivity contribution in [1.29, 1.82) is 0 Å². The van der Waals surface area contributed by atoms with Crippen LogP contribution in [0.3, 0.4) is 0 Å². The van der Waals surface area contributed by atoms with E-state index in [1.54, 1.807) is 11.3 Å². The lowest BCUT2D eigenvalue weighted by Crippen LogP contribution is -2.51. The first kappa shape index (κ1) is 17.5. The molecule has 1 atom stereocenters. The third-order valence-corrected chi connectivity index (χ3v) is 6.16. The molecule has 0 aliphatic carbocycles. The van der Waals surface area contributed by atoms with Gasteiger partial charge in [-0.2, -0.15) is 11.3 Å². The SMILES string of the molecule is O=C(CN1CCCC1c1ccsc1)N1CCN(c2ccc(F)cc2)CC1. The van der Waals surface area contributed by atoms with Crippen molar-refractivity contribution in [3.63, 3.8) is 0 Å². The third kappa shape index (κ3) is 3.76. The van der Waals surface area contributed by atoms with E-state index in [2.05, 4.69) is 26.6 Å². The number of hydrogen-bond acceptors (Lipinski definition) is 4.